The molecule has 0 heterocycles. The molecule has 0 aromatic rings. The van der Waals surface area contributed by atoms with Crippen molar-refractivity contribution >= 4 is 5.97 Å². The third kappa shape index (κ3) is 7.37. The SMILES string of the molecule is CCCC(NCC(C)(C)C)C(=O)OCC. The van der Waals surface area contributed by atoms with Gasteiger partial charge in [-0.2, -0.15) is 0 Å². The van der Waals surface area contributed by atoms with Crippen molar-refractivity contribution < 1.29 is 9.53 Å². The summed E-state index contributed by atoms with van der Waals surface area (Å²) in [6, 6.07) is -0.144. The number of carbonyl (C=O) groups excluding carboxylic acids is 1. The number of rotatable bonds is 6. The van der Waals surface area contributed by atoms with E-state index in [9.17, 15) is 4.79 Å². The van der Waals surface area contributed by atoms with E-state index >= 15 is 0 Å². The quantitative estimate of drug-likeness (QED) is 0.691. The maximum Gasteiger partial charge on any atom is 0.323 e. The fourth-order valence-corrected chi connectivity index (χ4v) is 1.26. The third-order valence-corrected chi connectivity index (χ3v) is 2.03. The molecule has 0 aromatic heterocycles. The Balaban J connectivity index is 4.09. The predicted molar refractivity (Wildman–Crippen MR) is 62.8 cm³/mol. The van der Waals surface area contributed by atoms with E-state index < -0.39 is 0 Å². The maximum atomic E-state index is 11.6. The topological polar surface area (TPSA) is 38.3 Å². The standard InChI is InChI=1S/C12H25NO2/c1-6-8-10(11(14)15-7-2)13-9-12(3,4)5/h10,13H,6-9H2,1-5H3. The van der Waals surface area contributed by atoms with Crippen molar-refractivity contribution in [2.75, 3.05) is 13.2 Å². The molecule has 0 aromatic carbocycles. The van der Waals surface area contributed by atoms with E-state index in [-0.39, 0.29) is 17.4 Å². The van der Waals surface area contributed by atoms with Crippen LogP contribution in [0.15, 0.2) is 0 Å². The lowest BCUT2D eigenvalue weighted by atomic mass is 9.96. The molecule has 0 saturated carbocycles. The highest BCUT2D eigenvalue weighted by Crippen LogP contribution is 2.12. The second kappa shape index (κ2) is 6.83. The van der Waals surface area contributed by atoms with Gasteiger partial charge in [0.2, 0.25) is 0 Å². The molecule has 0 aliphatic rings. The minimum absolute atomic E-state index is 0.122. The van der Waals surface area contributed by atoms with Crippen LogP contribution in [0.4, 0.5) is 0 Å². The van der Waals surface area contributed by atoms with Crippen LogP contribution in [0.5, 0.6) is 0 Å². The van der Waals surface area contributed by atoms with Crippen LogP contribution >= 0.6 is 0 Å². The summed E-state index contributed by atoms with van der Waals surface area (Å²) < 4.78 is 5.02. The minimum atomic E-state index is -0.144. The van der Waals surface area contributed by atoms with Crippen molar-refractivity contribution in [1.82, 2.24) is 5.32 Å². The fourth-order valence-electron chi connectivity index (χ4n) is 1.26. The molecule has 1 unspecified atom stereocenters. The second-order valence-corrected chi connectivity index (χ2v) is 5.03. The molecular formula is C12H25NO2. The summed E-state index contributed by atoms with van der Waals surface area (Å²) in [6.45, 7) is 11.6. The number of esters is 1. The van der Waals surface area contributed by atoms with Crippen LogP contribution in [0.1, 0.15) is 47.5 Å². The first-order chi connectivity index (χ1) is 6.90. The van der Waals surface area contributed by atoms with Crippen molar-refractivity contribution in [2.24, 2.45) is 5.41 Å². The molecule has 1 N–H and O–H groups in total. The smallest absolute Gasteiger partial charge is 0.323 e. The Morgan fingerprint density at radius 2 is 1.93 bits per heavy atom. The van der Waals surface area contributed by atoms with E-state index in [1.54, 1.807) is 0 Å². The van der Waals surface area contributed by atoms with Gasteiger partial charge in [0.1, 0.15) is 6.04 Å². The van der Waals surface area contributed by atoms with Crippen LogP contribution in [0.25, 0.3) is 0 Å². The van der Waals surface area contributed by atoms with Crippen LogP contribution in [-0.4, -0.2) is 25.2 Å². The van der Waals surface area contributed by atoms with Crippen LogP contribution < -0.4 is 5.32 Å². The summed E-state index contributed by atoms with van der Waals surface area (Å²) in [5.74, 6) is -0.122. The molecule has 0 amide bonds. The van der Waals surface area contributed by atoms with E-state index in [1.165, 1.54) is 0 Å². The highest BCUT2D eigenvalue weighted by atomic mass is 16.5. The van der Waals surface area contributed by atoms with Gasteiger partial charge in [-0.3, -0.25) is 4.79 Å². The molecule has 0 fully saturated rings. The van der Waals surface area contributed by atoms with Crippen molar-refractivity contribution in [2.45, 2.75) is 53.5 Å². The van der Waals surface area contributed by atoms with E-state index in [2.05, 4.69) is 33.0 Å². The van der Waals surface area contributed by atoms with E-state index in [0.29, 0.717) is 6.61 Å². The lowest BCUT2D eigenvalue weighted by Gasteiger charge is -2.23. The first kappa shape index (κ1) is 14.4. The van der Waals surface area contributed by atoms with Gasteiger partial charge >= 0.3 is 5.97 Å². The fraction of sp³-hybridized carbons (Fsp3) is 0.917. The van der Waals surface area contributed by atoms with Gasteiger partial charge in [-0.1, -0.05) is 34.1 Å². The number of hydrogen-bond donors (Lipinski definition) is 1. The lowest BCUT2D eigenvalue weighted by Crippen LogP contribution is -2.42. The molecule has 0 radical (unpaired) electrons. The second-order valence-electron chi connectivity index (χ2n) is 5.03. The van der Waals surface area contributed by atoms with Gasteiger partial charge in [-0.15, -0.1) is 0 Å². The summed E-state index contributed by atoms with van der Waals surface area (Å²) >= 11 is 0. The Morgan fingerprint density at radius 1 is 1.33 bits per heavy atom. The molecule has 3 nitrogen and oxygen atoms in total. The minimum Gasteiger partial charge on any atom is -0.465 e. The number of carbonyl (C=O) groups is 1. The number of hydrogen-bond acceptors (Lipinski definition) is 3. The van der Waals surface area contributed by atoms with Gasteiger partial charge in [0.05, 0.1) is 6.61 Å². The lowest BCUT2D eigenvalue weighted by molar-refractivity contribution is -0.145. The molecule has 0 spiro atoms. The van der Waals surface area contributed by atoms with Gasteiger partial charge in [0.25, 0.3) is 0 Å². The average molecular weight is 215 g/mol. The maximum absolute atomic E-state index is 11.6. The van der Waals surface area contributed by atoms with E-state index in [0.717, 1.165) is 19.4 Å². The molecule has 0 aliphatic carbocycles. The van der Waals surface area contributed by atoms with Gasteiger partial charge in [-0.05, 0) is 18.8 Å². The summed E-state index contributed by atoms with van der Waals surface area (Å²) in [5.41, 5.74) is 0.193. The Bertz CT molecular complexity index is 185. The van der Waals surface area contributed by atoms with E-state index in [1.807, 2.05) is 6.92 Å². The average Bonchev–Trinajstić information content (AvgIpc) is 2.11. The summed E-state index contributed by atoms with van der Waals surface area (Å²) in [5, 5.41) is 3.27. The monoisotopic (exact) mass is 215 g/mol. The van der Waals surface area contributed by atoms with Crippen LogP contribution in [0.2, 0.25) is 0 Å². The van der Waals surface area contributed by atoms with Crippen molar-refractivity contribution in [1.29, 1.82) is 0 Å². The Kier molecular flexibility index (Phi) is 6.57. The first-order valence-corrected chi connectivity index (χ1v) is 5.80. The van der Waals surface area contributed by atoms with Gasteiger partial charge in [0.15, 0.2) is 0 Å². The summed E-state index contributed by atoms with van der Waals surface area (Å²) in [6.07, 6.45) is 1.83. The van der Waals surface area contributed by atoms with Gasteiger partial charge in [0, 0.05) is 6.54 Å². The normalized spacial score (nSPS) is 13.7. The van der Waals surface area contributed by atoms with Crippen LogP contribution in [0.3, 0.4) is 0 Å². The predicted octanol–water partition coefficient (Wildman–Crippen LogP) is 2.35. The number of nitrogens with one attached hydrogen (secondary N) is 1. The van der Waals surface area contributed by atoms with Crippen molar-refractivity contribution in [3.8, 4) is 0 Å². The Morgan fingerprint density at radius 3 is 2.33 bits per heavy atom. The van der Waals surface area contributed by atoms with Crippen molar-refractivity contribution in [3.63, 3.8) is 0 Å². The molecule has 0 aliphatic heterocycles. The molecule has 1 atom stereocenters. The zero-order valence-corrected chi connectivity index (χ0v) is 10.7. The largest absolute Gasteiger partial charge is 0.465 e. The molecular weight excluding hydrogens is 190 g/mol. The summed E-state index contributed by atoms with van der Waals surface area (Å²) in [4.78, 5) is 11.6. The highest BCUT2D eigenvalue weighted by Gasteiger charge is 2.20. The molecule has 15 heavy (non-hydrogen) atoms. The molecule has 3 heteroatoms. The van der Waals surface area contributed by atoms with Gasteiger partial charge in [-0.25, -0.2) is 0 Å². The van der Waals surface area contributed by atoms with Crippen LogP contribution in [-0.2, 0) is 9.53 Å². The Hall–Kier alpha value is -0.570. The number of ether oxygens (including phenoxy) is 1. The van der Waals surface area contributed by atoms with Gasteiger partial charge < -0.3 is 10.1 Å². The molecule has 0 bridgehead atoms. The Labute approximate surface area is 93.6 Å². The van der Waals surface area contributed by atoms with Crippen molar-refractivity contribution in [3.05, 3.63) is 0 Å². The van der Waals surface area contributed by atoms with E-state index in [4.69, 9.17) is 4.74 Å². The molecule has 0 rings (SSSR count). The van der Waals surface area contributed by atoms with Crippen LogP contribution in [0, 0.1) is 5.41 Å². The zero-order chi connectivity index (χ0) is 11.9. The first-order valence-electron chi connectivity index (χ1n) is 5.80. The zero-order valence-electron chi connectivity index (χ0n) is 10.7. The third-order valence-electron chi connectivity index (χ3n) is 2.03. The highest BCUT2D eigenvalue weighted by molar-refractivity contribution is 5.75. The molecule has 90 valence electrons. The summed E-state index contributed by atoms with van der Waals surface area (Å²) in [7, 11) is 0. The molecule has 0 saturated heterocycles.